The zero-order chi connectivity index (χ0) is 12.6. The number of halogens is 2. The highest BCUT2D eigenvalue weighted by Crippen LogP contribution is 2.28. The number of benzene rings is 1. The van der Waals surface area contributed by atoms with Gasteiger partial charge in [-0.3, -0.25) is 4.68 Å². The largest absolute Gasteiger partial charge is 0.384 e. The third-order valence-corrected chi connectivity index (χ3v) is 2.56. The van der Waals surface area contributed by atoms with E-state index in [2.05, 4.69) is 5.10 Å². The molecule has 0 aliphatic heterocycles. The molecule has 0 fully saturated rings. The minimum absolute atomic E-state index is 0.162. The Morgan fingerprint density at radius 2 is 2.06 bits per heavy atom. The highest BCUT2D eigenvalue weighted by atomic mass is 19.1. The summed E-state index contributed by atoms with van der Waals surface area (Å²) in [5.41, 5.74) is 5.74. The Hall–Kier alpha value is -1.95. The minimum atomic E-state index is -1.33. The van der Waals surface area contributed by atoms with Gasteiger partial charge in [-0.2, -0.15) is 5.10 Å². The zero-order valence-corrected chi connectivity index (χ0v) is 9.06. The van der Waals surface area contributed by atoms with Gasteiger partial charge in [0.05, 0.1) is 6.20 Å². The van der Waals surface area contributed by atoms with Crippen LogP contribution in [0, 0.1) is 11.6 Å². The van der Waals surface area contributed by atoms with Crippen LogP contribution in [0.2, 0.25) is 0 Å². The second kappa shape index (κ2) is 4.14. The molecule has 1 heterocycles. The molecule has 0 aliphatic rings. The number of aryl methyl sites for hydroxylation is 1. The molecule has 1 aromatic heterocycles. The average Bonchev–Trinajstić information content (AvgIpc) is 2.62. The van der Waals surface area contributed by atoms with Crippen molar-refractivity contribution in [1.82, 2.24) is 9.78 Å². The first-order valence-electron chi connectivity index (χ1n) is 4.91. The first kappa shape index (κ1) is 11.5. The number of nitrogens with zero attached hydrogens (tertiary/aromatic N) is 2. The highest BCUT2D eigenvalue weighted by Gasteiger charge is 2.20. The van der Waals surface area contributed by atoms with E-state index >= 15 is 0 Å². The van der Waals surface area contributed by atoms with Gasteiger partial charge in [0.25, 0.3) is 0 Å². The van der Waals surface area contributed by atoms with Crippen molar-refractivity contribution < 1.29 is 13.9 Å². The third kappa shape index (κ3) is 1.99. The molecule has 0 amide bonds. The van der Waals surface area contributed by atoms with E-state index in [1.807, 2.05) is 0 Å². The van der Waals surface area contributed by atoms with E-state index < -0.39 is 17.7 Å². The lowest BCUT2D eigenvalue weighted by atomic mass is 10.0. The van der Waals surface area contributed by atoms with Crippen LogP contribution in [-0.4, -0.2) is 14.9 Å². The van der Waals surface area contributed by atoms with Crippen molar-refractivity contribution in [2.75, 3.05) is 5.73 Å². The Morgan fingerprint density at radius 3 is 2.65 bits per heavy atom. The summed E-state index contributed by atoms with van der Waals surface area (Å²) in [6, 6.07) is 2.88. The Labute approximate surface area is 96.3 Å². The number of hydrogen-bond donors (Lipinski definition) is 2. The smallest absolute Gasteiger partial charge is 0.129 e. The molecule has 0 aliphatic carbocycles. The maximum absolute atomic E-state index is 13.4. The number of nitrogen functional groups attached to an aromatic ring is 1. The standard InChI is InChI=1S/C11H11F2N3O/c1-16-11(14)8(5-15-16)10(17)7-4-6(12)2-3-9(7)13/h2-5,10,17H,14H2,1H3. The summed E-state index contributed by atoms with van der Waals surface area (Å²) in [6.45, 7) is 0. The Morgan fingerprint density at radius 1 is 1.35 bits per heavy atom. The summed E-state index contributed by atoms with van der Waals surface area (Å²) in [6.07, 6.45) is -0.0101. The van der Waals surface area contributed by atoms with Crippen LogP contribution in [0.4, 0.5) is 14.6 Å². The van der Waals surface area contributed by atoms with E-state index in [0.717, 1.165) is 18.2 Å². The fourth-order valence-corrected chi connectivity index (χ4v) is 1.57. The summed E-state index contributed by atoms with van der Waals surface area (Å²) < 4.78 is 27.8. The molecule has 90 valence electrons. The van der Waals surface area contributed by atoms with Crippen molar-refractivity contribution >= 4 is 5.82 Å². The van der Waals surface area contributed by atoms with E-state index in [1.165, 1.54) is 10.9 Å². The molecule has 0 bridgehead atoms. The van der Waals surface area contributed by atoms with E-state index in [4.69, 9.17) is 5.73 Å². The molecule has 1 atom stereocenters. The van der Waals surface area contributed by atoms with Crippen LogP contribution in [0.3, 0.4) is 0 Å². The predicted octanol–water partition coefficient (Wildman–Crippen LogP) is 1.36. The van der Waals surface area contributed by atoms with Crippen LogP contribution in [-0.2, 0) is 7.05 Å². The van der Waals surface area contributed by atoms with Gasteiger partial charge in [0.15, 0.2) is 0 Å². The van der Waals surface area contributed by atoms with Gasteiger partial charge in [-0.1, -0.05) is 0 Å². The molecule has 1 aromatic carbocycles. The fraction of sp³-hybridized carbons (Fsp3) is 0.182. The van der Waals surface area contributed by atoms with Crippen LogP contribution in [0.1, 0.15) is 17.2 Å². The topological polar surface area (TPSA) is 64.1 Å². The van der Waals surface area contributed by atoms with E-state index in [9.17, 15) is 13.9 Å². The number of aliphatic hydroxyl groups is 1. The first-order valence-corrected chi connectivity index (χ1v) is 4.91. The summed E-state index contributed by atoms with van der Waals surface area (Å²) in [5.74, 6) is -1.11. The van der Waals surface area contributed by atoms with Gasteiger partial charge in [-0.15, -0.1) is 0 Å². The second-order valence-corrected chi connectivity index (χ2v) is 3.68. The lowest BCUT2D eigenvalue weighted by molar-refractivity contribution is 0.215. The molecule has 6 heteroatoms. The zero-order valence-electron chi connectivity index (χ0n) is 9.06. The molecule has 2 aromatic rings. The molecule has 1 unspecified atom stereocenters. The van der Waals surface area contributed by atoms with Gasteiger partial charge in [0.1, 0.15) is 23.6 Å². The van der Waals surface area contributed by atoms with Crippen molar-refractivity contribution in [3.63, 3.8) is 0 Å². The highest BCUT2D eigenvalue weighted by molar-refractivity contribution is 5.44. The van der Waals surface area contributed by atoms with Crippen molar-refractivity contribution in [3.05, 3.63) is 47.2 Å². The third-order valence-electron chi connectivity index (χ3n) is 2.56. The molecule has 0 radical (unpaired) electrons. The summed E-state index contributed by atoms with van der Waals surface area (Å²) >= 11 is 0. The second-order valence-electron chi connectivity index (χ2n) is 3.68. The van der Waals surface area contributed by atoms with Crippen LogP contribution >= 0.6 is 0 Å². The Bertz CT molecular complexity index is 554. The maximum atomic E-state index is 13.4. The number of aliphatic hydroxyl groups excluding tert-OH is 1. The van der Waals surface area contributed by atoms with Gasteiger partial charge in [0, 0.05) is 18.2 Å². The summed E-state index contributed by atoms with van der Waals surface area (Å²) in [5, 5.41) is 13.8. The van der Waals surface area contributed by atoms with Crippen molar-refractivity contribution in [1.29, 1.82) is 0 Å². The quantitative estimate of drug-likeness (QED) is 0.831. The molecular formula is C11H11F2N3O. The van der Waals surface area contributed by atoms with Gasteiger partial charge in [-0.05, 0) is 18.2 Å². The van der Waals surface area contributed by atoms with Crippen LogP contribution in [0.5, 0.6) is 0 Å². The number of rotatable bonds is 2. The van der Waals surface area contributed by atoms with Crippen LogP contribution in [0.15, 0.2) is 24.4 Å². The lowest BCUT2D eigenvalue weighted by Gasteiger charge is -2.11. The Balaban J connectivity index is 2.47. The molecule has 0 saturated heterocycles. The average molecular weight is 239 g/mol. The number of hydrogen-bond acceptors (Lipinski definition) is 3. The maximum Gasteiger partial charge on any atom is 0.129 e. The molecule has 4 nitrogen and oxygen atoms in total. The fourth-order valence-electron chi connectivity index (χ4n) is 1.57. The molecule has 17 heavy (non-hydrogen) atoms. The number of anilines is 1. The number of aromatic nitrogens is 2. The van der Waals surface area contributed by atoms with Gasteiger partial charge >= 0.3 is 0 Å². The Kier molecular flexibility index (Phi) is 2.81. The van der Waals surface area contributed by atoms with Gasteiger partial charge in [-0.25, -0.2) is 8.78 Å². The molecule has 2 rings (SSSR count). The summed E-state index contributed by atoms with van der Waals surface area (Å²) in [7, 11) is 1.59. The summed E-state index contributed by atoms with van der Waals surface area (Å²) in [4.78, 5) is 0. The van der Waals surface area contributed by atoms with Crippen molar-refractivity contribution in [3.8, 4) is 0 Å². The predicted molar refractivity (Wildman–Crippen MR) is 58.0 cm³/mol. The molecule has 0 saturated carbocycles. The van der Waals surface area contributed by atoms with Crippen molar-refractivity contribution in [2.45, 2.75) is 6.10 Å². The monoisotopic (exact) mass is 239 g/mol. The van der Waals surface area contributed by atoms with Gasteiger partial charge < -0.3 is 10.8 Å². The number of nitrogens with two attached hydrogens (primary N) is 1. The van der Waals surface area contributed by atoms with Gasteiger partial charge in [0.2, 0.25) is 0 Å². The normalized spacial score (nSPS) is 12.7. The molecule has 3 N–H and O–H groups in total. The molecule has 0 spiro atoms. The SMILES string of the molecule is Cn1ncc(C(O)c2cc(F)ccc2F)c1N. The van der Waals surface area contributed by atoms with E-state index in [-0.39, 0.29) is 16.9 Å². The molecular weight excluding hydrogens is 228 g/mol. The van der Waals surface area contributed by atoms with E-state index in [1.54, 1.807) is 7.05 Å². The minimum Gasteiger partial charge on any atom is -0.384 e. The first-order chi connectivity index (χ1) is 8.00. The van der Waals surface area contributed by atoms with Crippen LogP contribution in [0.25, 0.3) is 0 Å². The lowest BCUT2D eigenvalue weighted by Crippen LogP contribution is -2.06. The van der Waals surface area contributed by atoms with Crippen LogP contribution < -0.4 is 5.73 Å². The van der Waals surface area contributed by atoms with E-state index in [0.29, 0.717) is 0 Å². The van der Waals surface area contributed by atoms with Crippen molar-refractivity contribution in [2.24, 2.45) is 7.05 Å².